The Bertz CT molecular complexity index is 595. The zero-order valence-electron chi connectivity index (χ0n) is 10.5. The van der Waals surface area contributed by atoms with Crippen LogP contribution in [0.1, 0.15) is 20.3 Å². The largest absolute Gasteiger partial charge is 0.399 e. The van der Waals surface area contributed by atoms with Crippen LogP contribution in [0.3, 0.4) is 0 Å². The van der Waals surface area contributed by atoms with Crippen LogP contribution in [0.15, 0.2) is 23.4 Å². The zero-order valence-corrected chi connectivity index (χ0v) is 11.3. The van der Waals surface area contributed by atoms with Crippen LogP contribution in [-0.2, 0) is 0 Å². The minimum absolute atomic E-state index is 0.274. The van der Waals surface area contributed by atoms with E-state index >= 15 is 0 Å². The van der Waals surface area contributed by atoms with Crippen molar-refractivity contribution >= 4 is 28.5 Å². The van der Waals surface area contributed by atoms with Crippen molar-refractivity contribution in [3.8, 4) is 6.07 Å². The molecule has 3 N–H and O–H groups in total. The van der Waals surface area contributed by atoms with Gasteiger partial charge in [0.05, 0.1) is 22.5 Å². The highest BCUT2D eigenvalue weighted by Gasteiger charge is 2.16. The normalized spacial score (nSPS) is 11.6. The molecule has 1 aromatic carbocycles. The second-order valence-corrected chi connectivity index (χ2v) is 6.00. The molecule has 0 atom stereocenters. The highest BCUT2D eigenvalue weighted by Crippen LogP contribution is 2.26. The first-order valence-corrected chi connectivity index (χ1v) is 6.78. The molecule has 0 aliphatic rings. The number of imidazole rings is 1. The fourth-order valence-electron chi connectivity index (χ4n) is 1.53. The fourth-order valence-corrected chi connectivity index (χ4v) is 2.68. The Kier molecular flexibility index (Phi) is 3.48. The van der Waals surface area contributed by atoms with Crippen LogP contribution in [0.2, 0.25) is 0 Å². The van der Waals surface area contributed by atoms with E-state index in [0.29, 0.717) is 0 Å². The van der Waals surface area contributed by atoms with Crippen molar-refractivity contribution < 1.29 is 0 Å². The number of nitriles is 1. The summed E-state index contributed by atoms with van der Waals surface area (Å²) in [5.74, 6) is 0.871. The Morgan fingerprint density at radius 2 is 2.28 bits per heavy atom. The molecule has 5 heteroatoms. The molecule has 2 rings (SSSR count). The molecule has 0 bridgehead atoms. The maximum absolute atomic E-state index is 8.94. The molecule has 0 spiro atoms. The van der Waals surface area contributed by atoms with E-state index in [9.17, 15) is 0 Å². The molecule has 0 saturated carbocycles. The lowest BCUT2D eigenvalue weighted by Crippen LogP contribution is -2.08. The third-order valence-corrected chi connectivity index (χ3v) is 3.63. The van der Waals surface area contributed by atoms with E-state index in [1.165, 1.54) is 0 Å². The van der Waals surface area contributed by atoms with Gasteiger partial charge >= 0.3 is 0 Å². The standard InChI is InChI=1S/C13H16N4S/c1-13(2,8-14)5-6-18-12-16-10-4-3-9(15)7-11(10)17-12/h3-4,7H,5-6,15H2,1-2H3,(H,16,17). The minimum atomic E-state index is -0.274. The summed E-state index contributed by atoms with van der Waals surface area (Å²) in [5.41, 5.74) is 8.05. The number of nitrogens with one attached hydrogen (secondary N) is 1. The fraction of sp³-hybridized carbons (Fsp3) is 0.385. The first-order valence-electron chi connectivity index (χ1n) is 5.79. The minimum Gasteiger partial charge on any atom is -0.399 e. The van der Waals surface area contributed by atoms with Gasteiger partial charge in [-0.2, -0.15) is 5.26 Å². The maximum Gasteiger partial charge on any atom is 0.166 e. The van der Waals surface area contributed by atoms with Crippen LogP contribution in [0.25, 0.3) is 11.0 Å². The third-order valence-electron chi connectivity index (χ3n) is 2.75. The van der Waals surface area contributed by atoms with Crippen LogP contribution >= 0.6 is 11.8 Å². The third kappa shape index (κ3) is 2.96. The van der Waals surface area contributed by atoms with Crippen molar-refractivity contribution in [3.63, 3.8) is 0 Å². The van der Waals surface area contributed by atoms with Gasteiger partial charge in [0.15, 0.2) is 5.16 Å². The number of nitrogens with two attached hydrogens (primary N) is 1. The van der Waals surface area contributed by atoms with Gasteiger partial charge in [-0.1, -0.05) is 11.8 Å². The van der Waals surface area contributed by atoms with Gasteiger partial charge in [-0.3, -0.25) is 0 Å². The Hall–Kier alpha value is -1.67. The molecule has 0 unspecified atom stereocenters. The molecule has 18 heavy (non-hydrogen) atoms. The molecular formula is C13H16N4S. The monoisotopic (exact) mass is 260 g/mol. The van der Waals surface area contributed by atoms with Gasteiger partial charge < -0.3 is 10.7 Å². The van der Waals surface area contributed by atoms with E-state index in [1.54, 1.807) is 11.8 Å². The molecule has 2 aromatic rings. The number of nitrogen functional groups attached to an aromatic ring is 1. The second kappa shape index (κ2) is 4.91. The first-order chi connectivity index (χ1) is 8.50. The summed E-state index contributed by atoms with van der Waals surface area (Å²) in [7, 11) is 0. The van der Waals surface area contributed by atoms with E-state index in [0.717, 1.165) is 34.1 Å². The summed E-state index contributed by atoms with van der Waals surface area (Å²) >= 11 is 1.64. The summed E-state index contributed by atoms with van der Waals surface area (Å²) in [6.45, 7) is 3.90. The van der Waals surface area contributed by atoms with E-state index in [-0.39, 0.29) is 5.41 Å². The van der Waals surface area contributed by atoms with Crippen LogP contribution in [0.4, 0.5) is 5.69 Å². The van der Waals surface area contributed by atoms with Crippen molar-refractivity contribution in [1.29, 1.82) is 5.26 Å². The smallest absolute Gasteiger partial charge is 0.166 e. The lowest BCUT2D eigenvalue weighted by molar-refractivity contribution is 0.482. The van der Waals surface area contributed by atoms with E-state index in [2.05, 4.69) is 16.0 Å². The van der Waals surface area contributed by atoms with Crippen LogP contribution in [0.5, 0.6) is 0 Å². The average molecular weight is 260 g/mol. The zero-order chi connectivity index (χ0) is 13.2. The van der Waals surface area contributed by atoms with Gasteiger partial charge in [0.1, 0.15) is 0 Å². The summed E-state index contributed by atoms with van der Waals surface area (Å²) in [4.78, 5) is 7.70. The molecule has 0 radical (unpaired) electrons. The quantitative estimate of drug-likeness (QED) is 0.653. The number of aromatic nitrogens is 2. The molecule has 4 nitrogen and oxygen atoms in total. The van der Waals surface area contributed by atoms with Crippen molar-refractivity contribution in [3.05, 3.63) is 18.2 Å². The van der Waals surface area contributed by atoms with Crippen molar-refractivity contribution in [1.82, 2.24) is 9.97 Å². The summed E-state index contributed by atoms with van der Waals surface area (Å²) in [6.07, 6.45) is 0.841. The van der Waals surface area contributed by atoms with Crippen molar-refractivity contribution in [2.75, 3.05) is 11.5 Å². The molecule has 1 aromatic heterocycles. The Morgan fingerprint density at radius 3 is 3.00 bits per heavy atom. The SMILES string of the molecule is CC(C)(C#N)CCSc1nc2ccc(N)cc2[nH]1. The number of benzene rings is 1. The molecule has 1 heterocycles. The number of rotatable bonds is 4. The molecule has 0 saturated heterocycles. The number of nitrogens with zero attached hydrogens (tertiary/aromatic N) is 2. The Labute approximate surface area is 111 Å². The highest BCUT2D eigenvalue weighted by atomic mass is 32.2. The number of fused-ring (bicyclic) bond motifs is 1. The lowest BCUT2D eigenvalue weighted by Gasteiger charge is -2.13. The predicted octanol–water partition coefficient (Wildman–Crippen LogP) is 3.18. The maximum atomic E-state index is 8.94. The van der Waals surface area contributed by atoms with Gasteiger partial charge in [0.25, 0.3) is 0 Å². The molecule has 0 fully saturated rings. The second-order valence-electron chi connectivity index (χ2n) is 4.91. The summed E-state index contributed by atoms with van der Waals surface area (Å²) in [6, 6.07) is 7.93. The summed E-state index contributed by atoms with van der Waals surface area (Å²) in [5, 5.41) is 9.82. The van der Waals surface area contributed by atoms with Gasteiger partial charge in [-0.25, -0.2) is 4.98 Å². The highest BCUT2D eigenvalue weighted by molar-refractivity contribution is 7.99. The van der Waals surface area contributed by atoms with Gasteiger partial charge in [-0.15, -0.1) is 0 Å². The van der Waals surface area contributed by atoms with E-state index < -0.39 is 0 Å². The van der Waals surface area contributed by atoms with Gasteiger partial charge in [0.2, 0.25) is 0 Å². The first kappa shape index (κ1) is 12.8. The van der Waals surface area contributed by atoms with Crippen molar-refractivity contribution in [2.24, 2.45) is 5.41 Å². The number of aromatic amines is 1. The molecule has 0 aliphatic carbocycles. The number of thioether (sulfide) groups is 1. The molecule has 0 amide bonds. The Morgan fingerprint density at radius 1 is 1.50 bits per heavy atom. The summed E-state index contributed by atoms with van der Waals surface area (Å²) < 4.78 is 0. The van der Waals surface area contributed by atoms with Crippen LogP contribution in [0, 0.1) is 16.7 Å². The predicted molar refractivity (Wildman–Crippen MR) is 75.2 cm³/mol. The molecule has 94 valence electrons. The van der Waals surface area contributed by atoms with Crippen molar-refractivity contribution in [2.45, 2.75) is 25.4 Å². The number of anilines is 1. The van der Waals surface area contributed by atoms with E-state index in [4.69, 9.17) is 11.0 Å². The van der Waals surface area contributed by atoms with Crippen LogP contribution < -0.4 is 5.73 Å². The number of H-pyrrole nitrogens is 1. The average Bonchev–Trinajstić information content (AvgIpc) is 2.70. The van der Waals surface area contributed by atoms with Gasteiger partial charge in [0, 0.05) is 11.4 Å². The lowest BCUT2D eigenvalue weighted by atomic mass is 9.93. The molecule has 0 aliphatic heterocycles. The molecular weight excluding hydrogens is 244 g/mol. The van der Waals surface area contributed by atoms with E-state index in [1.807, 2.05) is 32.0 Å². The Balaban J connectivity index is 2.03. The van der Waals surface area contributed by atoms with Crippen LogP contribution in [-0.4, -0.2) is 15.7 Å². The topological polar surface area (TPSA) is 78.5 Å². The number of hydrogen-bond acceptors (Lipinski definition) is 4. The van der Waals surface area contributed by atoms with Gasteiger partial charge in [-0.05, 0) is 38.5 Å². The number of hydrogen-bond donors (Lipinski definition) is 2.